The van der Waals surface area contributed by atoms with Crippen LogP contribution in [0.5, 0.6) is 0 Å². The Labute approximate surface area is 180 Å². The predicted octanol–water partition coefficient (Wildman–Crippen LogP) is 6.47. The zero-order valence-corrected chi connectivity index (χ0v) is 18.5. The molecule has 0 saturated heterocycles. The second kappa shape index (κ2) is 9.30. The van der Waals surface area contributed by atoms with E-state index in [4.69, 9.17) is 4.74 Å². The van der Waals surface area contributed by atoms with Crippen molar-refractivity contribution in [3.63, 3.8) is 0 Å². The van der Waals surface area contributed by atoms with Gasteiger partial charge in [0.25, 0.3) is 0 Å². The summed E-state index contributed by atoms with van der Waals surface area (Å²) in [4.78, 5) is 10.4. The summed E-state index contributed by atoms with van der Waals surface area (Å²) in [7, 11) is 0. The molecule has 30 heavy (non-hydrogen) atoms. The first kappa shape index (κ1) is 21.8. The van der Waals surface area contributed by atoms with Gasteiger partial charge in [-0.1, -0.05) is 106 Å². The van der Waals surface area contributed by atoms with Crippen molar-refractivity contribution in [2.45, 2.75) is 51.4 Å². The van der Waals surface area contributed by atoms with E-state index in [2.05, 4.69) is 75.4 Å². The minimum Gasteiger partial charge on any atom is -0.466 e. The number of carbonyl (C=O) groups is 1. The smallest absolute Gasteiger partial charge is 0.302 e. The van der Waals surface area contributed by atoms with Crippen molar-refractivity contribution in [2.75, 3.05) is 6.61 Å². The predicted molar refractivity (Wildman–Crippen MR) is 124 cm³/mol. The van der Waals surface area contributed by atoms with Gasteiger partial charge in [-0.3, -0.25) is 4.79 Å². The third-order valence-electron chi connectivity index (χ3n) is 6.00. The fraction of sp³-hybridized carbons (Fsp3) is 0.321. The molecule has 3 aromatic carbocycles. The summed E-state index contributed by atoms with van der Waals surface area (Å²) in [6, 6.07) is 29.8. The highest BCUT2D eigenvalue weighted by atomic mass is 16.5. The molecule has 0 bridgehead atoms. The van der Waals surface area contributed by atoms with Crippen LogP contribution in [-0.4, -0.2) is 12.6 Å². The molecule has 2 heteroatoms. The first-order chi connectivity index (χ1) is 14.3. The highest BCUT2D eigenvalue weighted by Crippen LogP contribution is 2.52. The van der Waals surface area contributed by atoms with Crippen LogP contribution in [0.25, 0.3) is 0 Å². The zero-order chi connectivity index (χ0) is 21.6. The molecule has 0 spiro atoms. The largest absolute Gasteiger partial charge is 0.466 e. The molecule has 3 aromatic rings. The molecule has 2 nitrogen and oxygen atoms in total. The number of hydrogen-bond acceptors (Lipinski definition) is 2. The van der Waals surface area contributed by atoms with E-state index < -0.39 is 0 Å². The monoisotopic (exact) mass is 400 g/mol. The first-order valence-corrected chi connectivity index (χ1v) is 10.7. The van der Waals surface area contributed by atoms with Gasteiger partial charge < -0.3 is 4.74 Å². The number of carbonyl (C=O) groups excluding carboxylic acids is 1. The Morgan fingerprint density at radius 3 is 1.93 bits per heavy atom. The van der Waals surface area contributed by atoms with Gasteiger partial charge in [0.05, 0.1) is 6.61 Å². The molecule has 0 amide bonds. The summed E-state index contributed by atoms with van der Waals surface area (Å²) in [5.74, 6) is -0.217. The minimum absolute atomic E-state index is 0.154. The molecule has 0 N–H and O–H groups in total. The summed E-state index contributed by atoms with van der Waals surface area (Å²) in [5, 5.41) is 0. The lowest BCUT2D eigenvalue weighted by Gasteiger charge is -2.28. The molecule has 1 unspecified atom stereocenters. The van der Waals surface area contributed by atoms with Gasteiger partial charge in [0.1, 0.15) is 0 Å². The number of fused-ring (bicyclic) bond motifs is 1. The molecular formula is C28H32O2. The maximum Gasteiger partial charge on any atom is 0.302 e. The normalized spacial score (nSPS) is 18.7. The average molecular weight is 401 g/mol. The first-order valence-electron chi connectivity index (χ1n) is 10.7. The Morgan fingerprint density at radius 2 is 1.33 bits per heavy atom. The summed E-state index contributed by atoms with van der Waals surface area (Å²) >= 11 is 0. The maximum atomic E-state index is 10.4. The van der Waals surface area contributed by atoms with Crippen molar-refractivity contribution in [3.05, 3.63) is 107 Å². The molecule has 1 aliphatic rings. The fourth-order valence-corrected chi connectivity index (χ4v) is 4.65. The Hall–Kier alpha value is -2.87. The van der Waals surface area contributed by atoms with E-state index in [1.807, 2.05) is 30.3 Å². The molecule has 156 valence electrons. The molecule has 0 aliphatic heterocycles. The van der Waals surface area contributed by atoms with Crippen molar-refractivity contribution in [1.29, 1.82) is 0 Å². The van der Waals surface area contributed by atoms with Crippen LogP contribution in [0.15, 0.2) is 84.9 Å². The minimum atomic E-state index is -0.217. The maximum absolute atomic E-state index is 10.4. The van der Waals surface area contributed by atoms with Crippen molar-refractivity contribution >= 4 is 5.97 Å². The number of benzene rings is 3. The van der Waals surface area contributed by atoms with Crippen LogP contribution in [0.4, 0.5) is 0 Å². The molecule has 1 aliphatic carbocycles. The molecule has 1 atom stereocenters. The van der Waals surface area contributed by atoms with Gasteiger partial charge in [-0.15, -0.1) is 0 Å². The zero-order valence-electron chi connectivity index (χ0n) is 18.5. The number of rotatable bonds is 4. The molecule has 0 radical (unpaired) electrons. The van der Waals surface area contributed by atoms with Gasteiger partial charge in [-0.2, -0.15) is 0 Å². The van der Waals surface area contributed by atoms with Crippen LogP contribution in [0.3, 0.4) is 0 Å². The Balaban J connectivity index is 0.000000187. The van der Waals surface area contributed by atoms with Gasteiger partial charge in [0, 0.05) is 18.8 Å². The number of ether oxygens (including phenoxy) is 1. The van der Waals surface area contributed by atoms with Crippen LogP contribution >= 0.6 is 0 Å². The van der Waals surface area contributed by atoms with E-state index in [1.165, 1.54) is 35.6 Å². The van der Waals surface area contributed by atoms with Crippen LogP contribution < -0.4 is 0 Å². The molecule has 0 saturated carbocycles. The van der Waals surface area contributed by atoms with Gasteiger partial charge in [0.15, 0.2) is 0 Å². The molecule has 0 aromatic heterocycles. The van der Waals surface area contributed by atoms with E-state index in [0.29, 0.717) is 6.61 Å². The topological polar surface area (TPSA) is 26.3 Å². The van der Waals surface area contributed by atoms with Crippen LogP contribution in [0, 0.1) is 0 Å². The van der Waals surface area contributed by atoms with Crippen molar-refractivity contribution in [3.8, 4) is 0 Å². The van der Waals surface area contributed by atoms with Gasteiger partial charge in [-0.05, 0) is 34.1 Å². The summed E-state index contributed by atoms with van der Waals surface area (Å²) in [6.07, 6.45) is 1.98. The van der Waals surface area contributed by atoms with Crippen molar-refractivity contribution in [2.24, 2.45) is 0 Å². The van der Waals surface area contributed by atoms with E-state index >= 15 is 0 Å². The number of esters is 1. The summed E-state index contributed by atoms with van der Waals surface area (Å²) in [6.45, 7) is 9.00. The molecule has 0 fully saturated rings. The van der Waals surface area contributed by atoms with Crippen molar-refractivity contribution < 1.29 is 9.53 Å². The average Bonchev–Trinajstić information content (AvgIpc) is 2.97. The summed E-state index contributed by atoms with van der Waals surface area (Å²) < 4.78 is 4.81. The second-order valence-electron chi connectivity index (χ2n) is 8.88. The highest BCUT2D eigenvalue weighted by molar-refractivity contribution is 5.65. The SMILES string of the molecule is CC(=O)OCCc1ccccc1.CC1(C)CC(C)(c2ccccc2)c2ccccc21. The highest BCUT2D eigenvalue weighted by Gasteiger charge is 2.45. The lowest BCUT2D eigenvalue weighted by molar-refractivity contribution is -0.140. The quantitative estimate of drug-likeness (QED) is 0.469. The van der Waals surface area contributed by atoms with Crippen LogP contribution in [-0.2, 0) is 26.8 Å². The van der Waals surface area contributed by atoms with Gasteiger partial charge in [0.2, 0.25) is 0 Å². The van der Waals surface area contributed by atoms with Gasteiger partial charge in [-0.25, -0.2) is 0 Å². The molecule has 4 rings (SSSR count). The molecule has 0 heterocycles. The third kappa shape index (κ3) is 4.99. The van der Waals surface area contributed by atoms with E-state index in [9.17, 15) is 4.79 Å². The van der Waals surface area contributed by atoms with E-state index in [-0.39, 0.29) is 16.8 Å². The molecular weight excluding hydrogens is 368 g/mol. The standard InChI is InChI=1S/C18H20.C10H12O2/c1-17(2)13-18(3,14-9-5-4-6-10-14)16-12-8-7-11-15(16)17;1-9(11)12-8-7-10-5-3-2-4-6-10/h4-12H,13H2,1-3H3;2-6H,7-8H2,1H3. The van der Waals surface area contributed by atoms with Gasteiger partial charge >= 0.3 is 5.97 Å². The number of hydrogen-bond donors (Lipinski definition) is 0. The fourth-order valence-electron chi connectivity index (χ4n) is 4.65. The third-order valence-corrected chi connectivity index (χ3v) is 6.00. The Morgan fingerprint density at radius 1 is 0.800 bits per heavy atom. The van der Waals surface area contributed by atoms with E-state index in [1.54, 1.807) is 0 Å². The summed E-state index contributed by atoms with van der Waals surface area (Å²) in [5.41, 5.74) is 6.06. The Bertz CT molecular complexity index is 960. The lowest BCUT2D eigenvalue weighted by atomic mass is 9.75. The van der Waals surface area contributed by atoms with Crippen LogP contribution in [0.2, 0.25) is 0 Å². The lowest BCUT2D eigenvalue weighted by Crippen LogP contribution is -2.23. The second-order valence-corrected chi connectivity index (χ2v) is 8.88. The van der Waals surface area contributed by atoms with Crippen molar-refractivity contribution in [1.82, 2.24) is 0 Å². The van der Waals surface area contributed by atoms with Crippen LogP contribution in [0.1, 0.15) is 56.4 Å². The van der Waals surface area contributed by atoms with E-state index in [0.717, 1.165) is 6.42 Å². The Kier molecular flexibility index (Phi) is 6.77.